The average molecular weight is 135 g/mol. The summed E-state index contributed by atoms with van der Waals surface area (Å²) < 4.78 is 0. The molecule has 0 aromatic heterocycles. The zero-order chi connectivity index (χ0) is 6.97. The van der Waals surface area contributed by atoms with Crippen LogP contribution in [0.3, 0.4) is 0 Å². The smallest absolute Gasteiger partial charge is 0.0956 e. The van der Waals surface area contributed by atoms with E-state index in [0.29, 0.717) is 12.0 Å². The SMILES string of the molecule is CC1C=CC=C2N=NNC21. The van der Waals surface area contributed by atoms with Crippen LogP contribution in [0.15, 0.2) is 34.3 Å². The van der Waals surface area contributed by atoms with Crippen molar-refractivity contribution in [2.24, 2.45) is 16.3 Å². The number of allylic oxidation sites excluding steroid dienone is 2. The summed E-state index contributed by atoms with van der Waals surface area (Å²) in [4.78, 5) is 0. The third-order valence-electron chi connectivity index (χ3n) is 1.89. The van der Waals surface area contributed by atoms with E-state index in [0.717, 1.165) is 5.70 Å². The van der Waals surface area contributed by atoms with Crippen LogP contribution in [0.5, 0.6) is 0 Å². The first kappa shape index (κ1) is 5.65. The van der Waals surface area contributed by atoms with Gasteiger partial charge in [-0.2, -0.15) is 0 Å². The quantitative estimate of drug-likeness (QED) is 0.535. The minimum atomic E-state index is 0.324. The molecule has 0 fully saturated rings. The van der Waals surface area contributed by atoms with Crippen molar-refractivity contribution >= 4 is 0 Å². The zero-order valence-electron chi connectivity index (χ0n) is 5.78. The average Bonchev–Trinajstić information content (AvgIpc) is 2.36. The van der Waals surface area contributed by atoms with Gasteiger partial charge in [0, 0.05) is 5.92 Å². The van der Waals surface area contributed by atoms with Crippen LogP contribution in [0, 0.1) is 5.92 Å². The van der Waals surface area contributed by atoms with Gasteiger partial charge in [0.1, 0.15) is 0 Å². The van der Waals surface area contributed by atoms with Gasteiger partial charge in [-0.3, -0.25) is 5.43 Å². The highest BCUT2D eigenvalue weighted by molar-refractivity contribution is 5.25. The maximum Gasteiger partial charge on any atom is 0.0956 e. The predicted molar refractivity (Wildman–Crippen MR) is 38.2 cm³/mol. The molecule has 2 atom stereocenters. The van der Waals surface area contributed by atoms with Crippen molar-refractivity contribution < 1.29 is 0 Å². The van der Waals surface area contributed by atoms with Gasteiger partial charge in [-0.15, -0.1) is 5.11 Å². The van der Waals surface area contributed by atoms with Crippen LogP contribution >= 0.6 is 0 Å². The molecular weight excluding hydrogens is 126 g/mol. The normalized spacial score (nSPS) is 35.1. The Labute approximate surface area is 59.5 Å². The fraction of sp³-hybridized carbons (Fsp3) is 0.429. The molecule has 2 unspecified atom stereocenters. The molecule has 3 nitrogen and oxygen atoms in total. The Balaban J connectivity index is 2.31. The van der Waals surface area contributed by atoms with Gasteiger partial charge in [0.25, 0.3) is 0 Å². The number of hydrogen-bond acceptors (Lipinski definition) is 3. The van der Waals surface area contributed by atoms with E-state index in [1.165, 1.54) is 0 Å². The molecule has 0 aromatic carbocycles. The van der Waals surface area contributed by atoms with Crippen molar-refractivity contribution in [1.29, 1.82) is 0 Å². The number of nitrogens with zero attached hydrogens (tertiary/aromatic N) is 2. The van der Waals surface area contributed by atoms with Crippen molar-refractivity contribution in [3.63, 3.8) is 0 Å². The van der Waals surface area contributed by atoms with E-state index in [1.807, 2.05) is 12.2 Å². The first-order valence-electron chi connectivity index (χ1n) is 3.42. The fourth-order valence-electron chi connectivity index (χ4n) is 1.24. The summed E-state index contributed by atoms with van der Waals surface area (Å²) in [5.74, 6) is 0.509. The summed E-state index contributed by atoms with van der Waals surface area (Å²) in [5.41, 5.74) is 4.00. The summed E-state index contributed by atoms with van der Waals surface area (Å²) in [5, 5.41) is 7.68. The predicted octanol–water partition coefficient (Wildman–Crippen LogP) is 1.42. The molecule has 0 aromatic rings. The van der Waals surface area contributed by atoms with Crippen LogP contribution in [-0.2, 0) is 0 Å². The lowest BCUT2D eigenvalue weighted by atomic mass is 9.95. The molecule has 0 saturated heterocycles. The Hall–Kier alpha value is -1.12. The molecule has 0 spiro atoms. The second-order valence-corrected chi connectivity index (χ2v) is 2.64. The molecule has 1 heterocycles. The Morgan fingerprint density at radius 2 is 2.50 bits per heavy atom. The molecular formula is C7H9N3. The van der Waals surface area contributed by atoms with Crippen LogP contribution in [-0.4, -0.2) is 6.04 Å². The van der Waals surface area contributed by atoms with Crippen LogP contribution in [0.2, 0.25) is 0 Å². The Morgan fingerprint density at radius 1 is 1.60 bits per heavy atom. The first-order chi connectivity index (χ1) is 4.88. The summed E-state index contributed by atoms with van der Waals surface area (Å²) in [6.07, 6.45) is 6.17. The van der Waals surface area contributed by atoms with Gasteiger partial charge in [-0.1, -0.05) is 24.3 Å². The molecule has 3 heteroatoms. The van der Waals surface area contributed by atoms with Gasteiger partial charge >= 0.3 is 0 Å². The van der Waals surface area contributed by atoms with Gasteiger partial charge in [-0.25, -0.2) is 0 Å². The lowest BCUT2D eigenvalue weighted by Gasteiger charge is -2.17. The molecule has 2 rings (SSSR count). The number of nitrogens with one attached hydrogen (secondary N) is 1. The van der Waals surface area contributed by atoms with Gasteiger partial charge in [0.15, 0.2) is 0 Å². The largest absolute Gasteiger partial charge is 0.282 e. The van der Waals surface area contributed by atoms with E-state index in [4.69, 9.17) is 0 Å². The van der Waals surface area contributed by atoms with E-state index in [2.05, 4.69) is 28.8 Å². The van der Waals surface area contributed by atoms with Crippen molar-refractivity contribution in [2.45, 2.75) is 13.0 Å². The molecule has 1 N–H and O–H groups in total. The molecule has 0 amide bonds. The van der Waals surface area contributed by atoms with E-state index >= 15 is 0 Å². The standard InChI is InChI=1S/C7H9N3/c1-5-3-2-4-6-7(5)9-10-8-6/h2-5,7H,1H3,(H,8,9). The van der Waals surface area contributed by atoms with Crippen molar-refractivity contribution in [1.82, 2.24) is 5.43 Å². The van der Waals surface area contributed by atoms with Crippen LogP contribution in [0.25, 0.3) is 0 Å². The van der Waals surface area contributed by atoms with Crippen LogP contribution < -0.4 is 5.43 Å². The second kappa shape index (κ2) is 1.94. The van der Waals surface area contributed by atoms with Gasteiger partial charge < -0.3 is 0 Å². The summed E-state index contributed by atoms with van der Waals surface area (Å²) in [6, 6.07) is 0.324. The Kier molecular flexibility index (Phi) is 1.09. The molecule has 1 aliphatic heterocycles. The van der Waals surface area contributed by atoms with E-state index in [1.54, 1.807) is 0 Å². The monoisotopic (exact) mass is 135 g/mol. The van der Waals surface area contributed by atoms with E-state index in [9.17, 15) is 0 Å². The molecule has 52 valence electrons. The number of fused-ring (bicyclic) bond motifs is 1. The molecule has 0 saturated carbocycles. The van der Waals surface area contributed by atoms with E-state index in [-0.39, 0.29) is 0 Å². The Morgan fingerprint density at radius 3 is 3.30 bits per heavy atom. The van der Waals surface area contributed by atoms with Gasteiger partial charge in [0.2, 0.25) is 0 Å². The Bertz CT molecular complexity index is 227. The summed E-state index contributed by atoms with van der Waals surface area (Å²) in [7, 11) is 0. The highest BCUT2D eigenvalue weighted by atomic mass is 15.5. The number of rotatable bonds is 0. The molecule has 2 aliphatic rings. The van der Waals surface area contributed by atoms with Crippen LogP contribution in [0.1, 0.15) is 6.92 Å². The van der Waals surface area contributed by atoms with E-state index < -0.39 is 0 Å². The van der Waals surface area contributed by atoms with Crippen molar-refractivity contribution in [3.8, 4) is 0 Å². The maximum absolute atomic E-state index is 3.93. The third kappa shape index (κ3) is 0.667. The number of hydrogen-bond donors (Lipinski definition) is 1. The minimum absolute atomic E-state index is 0.324. The lowest BCUT2D eigenvalue weighted by molar-refractivity contribution is 0.522. The van der Waals surface area contributed by atoms with Crippen molar-refractivity contribution in [3.05, 3.63) is 23.9 Å². The minimum Gasteiger partial charge on any atom is -0.282 e. The van der Waals surface area contributed by atoms with Gasteiger partial charge in [-0.05, 0) is 6.08 Å². The molecule has 0 radical (unpaired) electrons. The highest BCUT2D eigenvalue weighted by Crippen LogP contribution is 2.23. The third-order valence-corrected chi connectivity index (χ3v) is 1.89. The summed E-state index contributed by atoms with van der Waals surface area (Å²) >= 11 is 0. The van der Waals surface area contributed by atoms with Crippen LogP contribution in [0.4, 0.5) is 0 Å². The highest BCUT2D eigenvalue weighted by Gasteiger charge is 2.24. The van der Waals surface area contributed by atoms with Gasteiger partial charge in [0.05, 0.1) is 11.7 Å². The molecule has 0 bridgehead atoms. The topological polar surface area (TPSA) is 36.8 Å². The van der Waals surface area contributed by atoms with Crippen molar-refractivity contribution in [2.75, 3.05) is 0 Å². The zero-order valence-corrected chi connectivity index (χ0v) is 5.78. The lowest BCUT2D eigenvalue weighted by Crippen LogP contribution is -2.28. The maximum atomic E-state index is 3.93. The fourth-order valence-corrected chi connectivity index (χ4v) is 1.24. The molecule has 1 aliphatic carbocycles. The first-order valence-corrected chi connectivity index (χ1v) is 3.42. The summed E-state index contributed by atoms with van der Waals surface area (Å²) in [6.45, 7) is 2.15. The second-order valence-electron chi connectivity index (χ2n) is 2.64. The molecule has 10 heavy (non-hydrogen) atoms.